The van der Waals surface area contributed by atoms with Gasteiger partial charge in [-0.3, -0.25) is 0 Å². The Hall–Kier alpha value is -1.06. The molecule has 1 fully saturated rings. The highest BCUT2D eigenvalue weighted by Gasteiger charge is 2.18. The van der Waals surface area contributed by atoms with E-state index in [1.807, 2.05) is 0 Å². The average molecular weight is 519 g/mol. The molecule has 0 aliphatic carbocycles. The number of nitrogens with zero attached hydrogens (tertiary/aromatic N) is 1. The summed E-state index contributed by atoms with van der Waals surface area (Å²) in [5.74, 6) is 1.74. The molecule has 7 heteroatoms. The SMILES string of the molecule is CCCCOCCCNC(=NCc1ccc(C)cc1OC1CCOC1)NCC.I. The summed E-state index contributed by atoms with van der Waals surface area (Å²) in [6, 6.07) is 6.31. The van der Waals surface area contributed by atoms with Gasteiger partial charge in [0.05, 0.1) is 19.8 Å². The Kier molecular flexibility index (Phi) is 14.1. The monoisotopic (exact) mass is 519 g/mol. The van der Waals surface area contributed by atoms with Gasteiger partial charge in [-0.15, -0.1) is 24.0 Å². The third-order valence-electron chi connectivity index (χ3n) is 4.56. The molecule has 6 nitrogen and oxygen atoms in total. The van der Waals surface area contributed by atoms with Crippen molar-refractivity contribution in [2.45, 2.75) is 59.1 Å². The second kappa shape index (κ2) is 15.7. The molecule has 0 aromatic heterocycles. The summed E-state index contributed by atoms with van der Waals surface area (Å²) in [5, 5.41) is 6.69. The van der Waals surface area contributed by atoms with Gasteiger partial charge < -0.3 is 24.8 Å². The molecule has 1 aliphatic rings. The molecule has 1 aliphatic heterocycles. The van der Waals surface area contributed by atoms with Gasteiger partial charge in [0.2, 0.25) is 0 Å². The predicted molar refractivity (Wildman–Crippen MR) is 130 cm³/mol. The van der Waals surface area contributed by atoms with E-state index in [1.165, 1.54) is 12.0 Å². The van der Waals surface area contributed by atoms with Crippen molar-refractivity contribution in [2.75, 3.05) is 39.5 Å². The molecule has 1 saturated heterocycles. The Bertz CT molecular complexity index is 593. The zero-order valence-corrected chi connectivity index (χ0v) is 20.5. The van der Waals surface area contributed by atoms with E-state index in [0.717, 1.165) is 69.4 Å². The molecule has 1 aromatic carbocycles. The summed E-state index contributed by atoms with van der Waals surface area (Å²) >= 11 is 0. The van der Waals surface area contributed by atoms with Gasteiger partial charge in [-0.1, -0.05) is 25.5 Å². The number of nitrogens with one attached hydrogen (secondary N) is 2. The number of benzene rings is 1. The van der Waals surface area contributed by atoms with Gasteiger partial charge in [-0.05, 0) is 38.3 Å². The number of hydrogen-bond acceptors (Lipinski definition) is 4. The first-order chi connectivity index (χ1) is 13.7. The van der Waals surface area contributed by atoms with E-state index in [1.54, 1.807) is 0 Å². The smallest absolute Gasteiger partial charge is 0.191 e. The highest BCUT2D eigenvalue weighted by Crippen LogP contribution is 2.24. The van der Waals surface area contributed by atoms with E-state index in [4.69, 9.17) is 19.2 Å². The van der Waals surface area contributed by atoms with E-state index in [2.05, 4.69) is 49.6 Å². The lowest BCUT2D eigenvalue weighted by Crippen LogP contribution is -2.38. The fourth-order valence-electron chi connectivity index (χ4n) is 2.92. The summed E-state index contributed by atoms with van der Waals surface area (Å²) in [7, 11) is 0. The van der Waals surface area contributed by atoms with Crippen molar-refractivity contribution in [3.63, 3.8) is 0 Å². The van der Waals surface area contributed by atoms with E-state index in [0.29, 0.717) is 13.2 Å². The molecule has 29 heavy (non-hydrogen) atoms. The Morgan fingerprint density at radius 2 is 2.03 bits per heavy atom. The number of aliphatic imine (C=N–C) groups is 1. The Labute approximate surface area is 193 Å². The fourth-order valence-corrected chi connectivity index (χ4v) is 2.92. The van der Waals surface area contributed by atoms with Gasteiger partial charge in [-0.2, -0.15) is 0 Å². The normalized spacial score (nSPS) is 16.4. The van der Waals surface area contributed by atoms with Crippen molar-refractivity contribution in [2.24, 2.45) is 4.99 Å². The van der Waals surface area contributed by atoms with Crippen LogP contribution in [0.3, 0.4) is 0 Å². The number of halogens is 1. The number of aryl methyl sites for hydroxylation is 1. The van der Waals surface area contributed by atoms with Gasteiger partial charge in [-0.25, -0.2) is 4.99 Å². The van der Waals surface area contributed by atoms with Crippen molar-refractivity contribution in [1.29, 1.82) is 0 Å². The van der Waals surface area contributed by atoms with Crippen LogP contribution in [0.1, 0.15) is 50.7 Å². The van der Waals surface area contributed by atoms with Crippen LogP contribution in [-0.2, 0) is 16.0 Å². The number of hydrogen-bond donors (Lipinski definition) is 2. The molecule has 166 valence electrons. The Morgan fingerprint density at radius 1 is 1.21 bits per heavy atom. The number of ether oxygens (including phenoxy) is 3. The van der Waals surface area contributed by atoms with Crippen molar-refractivity contribution in [1.82, 2.24) is 10.6 Å². The van der Waals surface area contributed by atoms with Crippen LogP contribution >= 0.6 is 24.0 Å². The molecular formula is C22H38IN3O3. The number of guanidine groups is 1. The molecule has 1 heterocycles. The molecule has 0 spiro atoms. The lowest BCUT2D eigenvalue weighted by Gasteiger charge is -2.16. The third-order valence-corrected chi connectivity index (χ3v) is 4.56. The van der Waals surface area contributed by atoms with Crippen LogP contribution in [0.2, 0.25) is 0 Å². The van der Waals surface area contributed by atoms with Gasteiger partial charge in [0.25, 0.3) is 0 Å². The first kappa shape index (κ1) is 26.0. The van der Waals surface area contributed by atoms with Crippen molar-refractivity contribution in [3.05, 3.63) is 29.3 Å². The molecule has 0 saturated carbocycles. The van der Waals surface area contributed by atoms with Crippen LogP contribution in [0.5, 0.6) is 5.75 Å². The van der Waals surface area contributed by atoms with E-state index < -0.39 is 0 Å². The van der Waals surface area contributed by atoms with Crippen LogP contribution in [-0.4, -0.2) is 51.6 Å². The summed E-state index contributed by atoms with van der Waals surface area (Å²) in [5.41, 5.74) is 2.28. The van der Waals surface area contributed by atoms with Gasteiger partial charge in [0.15, 0.2) is 5.96 Å². The minimum Gasteiger partial charge on any atom is -0.488 e. The number of unbranched alkanes of at least 4 members (excludes halogenated alkanes) is 1. The molecule has 1 aromatic rings. The molecule has 0 amide bonds. The second-order valence-corrected chi connectivity index (χ2v) is 7.16. The summed E-state index contributed by atoms with van der Waals surface area (Å²) < 4.78 is 17.2. The first-order valence-electron chi connectivity index (χ1n) is 10.7. The minimum absolute atomic E-state index is 0. The summed E-state index contributed by atoms with van der Waals surface area (Å²) in [4.78, 5) is 4.74. The molecule has 1 unspecified atom stereocenters. The molecule has 2 N–H and O–H groups in total. The van der Waals surface area contributed by atoms with Crippen molar-refractivity contribution < 1.29 is 14.2 Å². The highest BCUT2D eigenvalue weighted by molar-refractivity contribution is 14.0. The predicted octanol–water partition coefficient (Wildman–Crippen LogP) is 4.04. The standard InChI is InChI=1S/C22H37N3O3.HI/c1-4-6-12-26-13-7-11-24-22(23-5-2)25-16-19-9-8-18(3)15-21(19)28-20-10-14-27-17-20;/h8-9,15,20H,4-7,10-14,16-17H2,1-3H3,(H2,23,24,25);1H. The van der Waals surface area contributed by atoms with Crippen molar-refractivity contribution in [3.8, 4) is 5.75 Å². The first-order valence-corrected chi connectivity index (χ1v) is 10.7. The van der Waals surface area contributed by atoms with E-state index >= 15 is 0 Å². The van der Waals surface area contributed by atoms with E-state index in [9.17, 15) is 0 Å². The lowest BCUT2D eigenvalue weighted by atomic mass is 10.1. The van der Waals surface area contributed by atoms with Crippen LogP contribution in [0.15, 0.2) is 23.2 Å². The minimum atomic E-state index is 0. The average Bonchev–Trinajstić information content (AvgIpc) is 3.19. The maximum atomic E-state index is 6.17. The largest absolute Gasteiger partial charge is 0.488 e. The Morgan fingerprint density at radius 3 is 2.76 bits per heavy atom. The Balaban J connectivity index is 0.00000420. The fraction of sp³-hybridized carbons (Fsp3) is 0.682. The van der Waals surface area contributed by atoms with Crippen molar-refractivity contribution >= 4 is 29.9 Å². The highest BCUT2D eigenvalue weighted by atomic mass is 127. The molecule has 0 bridgehead atoms. The topological polar surface area (TPSA) is 64.1 Å². The number of rotatable bonds is 12. The van der Waals surface area contributed by atoms with Crippen LogP contribution < -0.4 is 15.4 Å². The zero-order valence-electron chi connectivity index (χ0n) is 18.2. The van der Waals surface area contributed by atoms with Crippen LogP contribution in [0.25, 0.3) is 0 Å². The summed E-state index contributed by atoms with van der Waals surface area (Å²) in [6.07, 6.45) is 4.36. The van der Waals surface area contributed by atoms with Gasteiger partial charge in [0, 0.05) is 38.3 Å². The maximum Gasteiger partial charge on any atom is 0.191 e. The molecule has 2 rings (SSSR count). The van der Waals surface area contributed by atoms with Gasteiger partial charge in [0.1, 0.15) is 11.9 Å². The summed E-state index contributed by atoms with van der Waals surface area (Å²) in [6.45, 7) is 11.7. The second-order valence-electron chi connectivity index (χ2n) is 7.16. The quantitative estimate of drug-likeness (QED) is 0.189. The van der Waals surface area contributed by atoms with Crippen LogP contribution in [0.4, 0.5) is 0 Å². The van der Waals surface area contributed by atoms with Crippen LogP contribution in [0, 0.1) is 6.92 Å². The molecule has 0 radical (unpaired) electrons. The molecule has 1 atom stereocenters. The maximum absolute atomic E-state index is 6.17. The lowest BCUT2D eigenvalue weighted by molar-refractivity contribution is 0.129. The van der Waals surface area contributed by atoms with E-state index in [-0.39, 0.29) is 30.1 Å². The zero-order chi connectivity index (χ0) is 20.0. The third kappa shape index (κ3) is 10.5. The molecular weight excluding hydrogens is 481 g/mol. The van der Waals surface area contributed by atoms with Gasteiger partial charge >= 0.3 is 0 Å².